The SMILES string of the molecule is O=C(C1C2C3CCC(C3)C12)N1C[C@H]2COCC[C@@]2(C(=O)O)C1. The number of carbonyl (C=O) groups excluding carboxylic acids is 1. The molecule has 1 N–H and O–H groups in total. The Labute approximate surface area is 130 Å². The van der Waals surface area contributed by atoms with E-state index in [1.54, 1.807) is 0 Å². The van der Waals surface area contributed by atoms with Crippen LogP contribution >= 0.6 is 0 Å². The summed E-state index contributed by atoms with van der Waals surface area (Å²) in [6, 6.07) is 0. The monoisotopic (exact) mass is 305 g/mol. The predicted molar refractivity (Wildman–Crippen MR) is 76.9 cm³/mol. The maximum atomic E-state index is 12.9. The molecule has 0 aromatic heterocycles. The standard InChI is InChI=1S/C17H23NO4/c19-15(14-12-9-1-2-10(5-9)13(12)14)18-6-11-7-22-4-3-17(11,8-18)16(20)21/h9-14H,1-8H2,(H,20,21)/t9?,10?,11-,12?,13?,14?,17+/m0/s1. The molecule has 3 saturated carbocycles. The number of carbonyl (C=O) groups is 2. The highest BCUT2D eigenvalue weighted by molar-refractivity contribution is 5.85. The Morgan fingerprint density at radius 1 is 1.18 bits per heavy atom. The van der Waals surface area contributed by atoms with Gasteiger partial charge in [-0.1, -0.05) is 0 Å². The zero-order valence-electron chi connectivity index (χ0n) is 12.7. The molecular weight excluding hydrogens is 282 g/mol. The average molecular weight is 305 g/mol. The zero-order valence-corrected chi connectivity index (χ0v) is 12.7. The van der Waals surface area contributed by atoms with E-state index in [2.05, 4.69) is 0 Å². The van der Waals surface area contributed by atoms with Crippen molar-refractivity contribution in [2.75, 3.05) is 26.3 Å². The van der Waals surface area contributed by atoms with Crippen LogP contribution in [0.1, 0.15) is 25.7 Å². The van der Waals surface area contributed by atoms with Gasteiger partial charge in [-0.25, -0.2) is 0 Å². The maximum Gasteiger partial charge on any atom is 0.311 e. The van der Waals surface area contributed by atoms with Crippen LogP contribution in [-0.4, -0.2) is 48.2 Å². The Morgan fingerprint density at radius 2 is 1.91 bits per heavy atom. The number of aliphatic carboxylic acids is 1. The second-order valence-electron chi connectivity index (χ2n) is 8.22. The van der Waals surface area contributed by atoms with Crippen molar-refractivity contribution in [3.05, 3.63) is 0 Å². The third-order valence-electron chi connectivity index (χ3n) is 7.46. The zero-order chi connectivity index (χ0) is 15.1. The van der Waals surface area contributed by atoms with Crippen LogP contribution < -0.4 is 0 Å². The van der Waals surface area contributed by atoms with Gasteiger partial charge in [0.05, 0.1) is 12.0 Å². The van der Waals surface area contributed by atoms with E-state index in [4.69, 9.17) is 4.74 Å². The highest BCUT2D eigenvalue weighted by Gasteiger charge is 2.69. The van der Waals surface area contributed by atoms with Crippen molar-refractivity contribution in [2.24, 2.45) is 40.9 Å². The molecule has 1 amide bonds. The van der Waals surface area contributed by atoms with Crippen LogP contribution in [0.3, 0.4) is 0 Å². The lowest BCUT2D eigenvalue weighted by atomic mass is 9.74. The van der Waals surface area contributed by atoms with Crippen LogP contribution in [0.5, 0.6) is 0 Å². The lowest BCUT2D eigenvalue weighted by Crippen LogP contribution is -2.45. The molecule has 0 radical (unpaired) electrons. The van der Waals surface area contributed by atoms with Crippen molar-refractivity contribution in [3.8, 4) is 0 Å². The fourth-order valence-electron chi connectivity index (χ4n) is 6.33. The van der Waals surface area contributed by atoms with Crippen molar-refractivity contribution in [1.82, 2.24) is 4.90 Å². The number of carboxylic acids is 1. The lowest BCUT2D eigenvalue weighted by molar-refractivity contribution is -0.157. The lowest BCUT2D eigenvalue weighted by Gasteiger charge is -2.33. The fraction of sp³-hybridized carbons (Fsp3) is 0.882. The summed E-state index contributed by atoms with van der Waals surface area (Å²) in [5.74, 6) is 2.53. The summed E-state index contributed by atoms with van der Waals surface area (Å²) >= 11 is 0. The molecule has 6 atom stereocenters. The first kappa shape index (κ1) is 13.3. The van der Waals surface area contributed by atoms with Crippen molar-refractivity contribution < 1.29 is 19.4 Å². The maximum absolute atomic E-state index is 12.9. The van der Waals surface area contributed by atoms with E-state index in [0.717, 1.165) is 11.8 Å². The molecular formula is C17H23NO4. The van der Waals surface area contributed by atoms with Gasteiger partial charge in [-0.05, 0) is 49.4 Å². The number of ether oxygens (including phenoxy) is 1. The number of carboxylic acid groups (broad SMARTS) is 1. The van der Waals surface area contributed by atoms with Crippen LogP contribution in [0.2, 0.25) is 0 Å². The molecule has 5 aliphatic rings. The van der Waals surface area contributed by atoms with E-state index in [1.807, 2.05) is 4.90 Å². The van der Waals surface area contributed by atoms with Gasteiger partial charge in [-0.2, -0.15) is 0 Å². The minimum absolute atomic E-state index is 0.0296. The molecule has 0 aromatic rings. The highest BCUT2D eigenvalue weighted by Crippen LogP contribution is 2.69. The van der Waals surface area contributed by atoms with Gasteiger partial charge in [0.15, 0.2) is 0 Å². The van der Waals surface area contributed by atoms with Crippen molar-refractivity contribution >= 4 is 11.9 Å². The molecule has 5 nitrogen and oxygen atoms in total. The van der Waals surface area contributed by atoms with E-state index in [0.29, 0.717) is 44.6 Å². The number of hydrogen-bond acceptors (Lipinski definition) is 3. The predicted octanol–water partition coefficient (Wildman–Crippen LogP) is 1.23. The molecule has 22 heavy (non-hydrogen) atoms. The quantitative estimate of drug-likeness (QED) is 0.833. The normalized spacial score (nSPS) is 51.5. The minimum atomic E-state index is -0.753. The number of rotatable bonds is 2. The Bertz CT molecular complexity index is 533. The van der Waals surface area contributed by atoms with Gasteiger partial charge < -0.3 is 14.7 Å². The molecule has 5 rings (SSSR count). The van der Waals surface area contributed by atoms with Crippen molar-refractivity contribution in [1.29, 1.82) is 0 Å². The van der Waals surface area contributed by atoms with Gasteiger partial charge in [-0.15, -0.1) is 0 Å². The van der Waals surface area contributed by atoms with Gasteiger partial charge in [0.2, 0.25) is 5.91 Å². The van der Waals surface area contributed by atoms with Gasteiger partial charge >= 0.3 is 5.97 Å². The largest absolute Gasteiger partial charge is 0.481 e. The number of likely N-dealkylation sites (tertiary alicyclic amines) is 1. The number of fused-ring (bicyclic) bond motifs is 6. The van der Waals surface area contributed by atoms with Crippen molar-refractivity contribution in [3.63, 3.8) is 0 Å². The number of amides is 1. The number of nitrogens with zero attached hydrogens (tertiary/aromatic N) is 1. The summed E-state index contributed by atoms with van der Waals surface area (Å²) in [4.78, 5) is 26.6. The van der Waals surface area contributed by atoms with E-state index < -0.39 is 11.4 Å². The molecule has 4 unspecified atom stereocenters. The highest BCUT2D eigenvalue weighted by atomic mass is 16.5. The van der Waals surface area contributed by atoms with Crippen LogP contribution in [0.25, 0.3) is 0 Å². The van der Waals surface area contributed by atoms with E-state index >= 15 is 0 Å². The average Bonchev–Trinajstić information content (AvgIpc) is 2.88. The topological polar surface area (TPSA) is 66.8 Å². The second kappa shape index (κ2) is 4.25. The van der Waals surface area contributed by atoms with Gasteiger partial charge in [-0.3, -0.25) is 9.59 Å². The molecule has 2 heterocycles. The van der Waals surface area contributed by atoms with Crippen LogP contribution in [0.15, 0.2) is 0 Å². The van der Waals surface area contributed by atoms with Gasteiger partial charge in [0, 0.05) is 31.5 Å². The molecule has 5 heteroatoms. The second-order valence-corrected chi connectivity index (χ2v) is 8.22. The van der Waals surface area contributed by atoms with Crippen LogP contribution in [0.4, 0.5) is 0 Å². The first-order valence-corrected chi connectivity index (χ1v) is 8.72. The fourth-order valence-corrected chi connectivity index (χ4v) is 6.33. The third kappa shape index (κ3) is 1.53. The minimum Gasteiger partial charge on any atom is -0.481 e. The Balaban J connectivity index is 1.35. The van der Waals surface area contributed by atoms with E-state index in [1.165, 1.54) is 19.3 Å². The summed E-state index contributed by atoms with van der Waals surface area (Å²) in [5, 5.41) is 9.71. The molecule has 2 bridgehead atoms. The van der Waals surface area contributed by atoms with Gasteiger partial charge in [0.25, 0.3) is 0 Å². The Kier molecular flexibility index (Phi) is 2.58. The third-order valence-corrected chi connectivity index (χ3v) is 7.46. The first-order chi connectivity index (χ1) is 10.6. The smallest absolute Gasteiger partial charge is 0.311 e. The Hall–Kier alpha value is -1.10. The number of hydrogen-bond donors (Lipinski definition) is 1. The molecule has 120 valence electrons. The Morgan fingerprint density at radius 3 is 2.55 bits per heavy atom. The molecule has 2 aliphatic heterocycles. The molecule has 0 spiro atoms. The first-order valence-electron chi connectivity index (χ1n) is 8.72. The van der Waals surface area contributed by atoms with E-state index in [9.17, 15) is 14.7 Å². The molecule has 0 aromatic carbocycles. The molecule has 3 aliphatic carbocycles. The molecule has 2 saturated heterocycles. The summed E-state index contributed by atoms with van der Waals surface area (Å²) in [7, 11) is 0. The van der Waals surface area contributed by atoms with Crippen LogP contribution in [0, 0.1) is 40.9 Å². The summed E-state index contributed by atoms with van der Waals surface area (Å²) < 4.78 is 5.48. The van der Waals surface area contributed by atoms with Crippen LogP contribution in [-0.2, 0) is 14.3 Å². The summed E-state index contributed by atoms with van der Waals surface area (Å²) in [6.07, 6.45) is 4.50. The molecule has 5 fully saturated rings. The van der Waals surface area contributed by atoms with Gasteiger partial charge in [0.1, 0.15) is 0 Å². The van der Waals surface area contributed by atoms with Crippen molar-refractivity contribution in [2.45, 2.75) is 25.7 Å². The van der Waals surface area contributed by atoms with E-state index in [-0.39, 0.29) is 17.7 Å². The summed E-state index contributed by atoms with van der Waals surface area (Å²) in [5.41, 5.74) is -0.753. The summed E-state index contributed by atoms with van der Waals surface area (Å²) in [6.45, 7) is 1.97.